The number of hydrogen-bond acceptors (Lipinski definition) is 5. The molecule has 8 nitrogen and oxygen atoms in total. The molecular formula is C19H19N5O3S. The summed E-state index contributed by atoms with van der Waals surface area (Å²) in [7, 11) is -3.79. The van der Waals surface area contributed by atoms with Gasteiger partial charge in [0.05, 0.1) is 17.5 Å². The Bertz CT molecular complexity index is 1120. The van der Waals surface area contributed by atoms with Gasteiger partial charge in [0.25, 0.3) is 5.91 Å². The molecule has 1 aromatic heterocycles. The van der Waals surface area contributed by atoms with Gasteiger partial charge < -0.3 is 4.90 Å². The van der Waals surface area contributed by atoms with E-state index in [2.05, 4.69) is 10.1 Å². The van der Waals surface area contributed by atoms with Gasteiger partial charge in [-0.1, -0.05) is 30.3 Å². The number of benzene rings is 2. The number of sulfonamides is 1. The molecule has 1 aliphatic heterocycles. The molecular weight excluding hydrogens is 378 g/mol. The van der Waals surface area contributed by atoms with Crippen molar-refractivity contribution in [1.82, 2.24) is 19.7 Å². The second kappa shape index (κ2) is 6.84. The molecule has 0 bridgehead atoms. The van der Waals surface area contributed by atoms with Crippen LogP contribution in [-0.2, 0) is 16.6 Å². The van der Waals surface area contributed by atoms with E-state index in [1.54, 1.807) is 4.90 Å². The van der Waals surface area contributed by atoms with E-state index >= 15 is 0 Å². The monoisotopic (exact) mass is 397 g/mol. The third-order valence-corrected chi connectivity index (χ3v) is 5.75. The number of primary sulfonamides is 1. The van der Waals surface area contributed by atoms with Crippen LogP contribution >= 0.6 is 0 Å². The maximum absolute atomic E-state index is 12.9. The predicted molar refractivity (Wildman–Crippen MR) is 103 cm³/mol. The fourth-order valence-corrected chi connectivity index (χ4v) is 3.82. The average Bonchev–Trinajstić information content (AvgIpc) is 3.13. The predicted octanol–water partition coefficient (Wildman–Crippen LogP) is 1.81. The van der Waals surface area contributed by atoms with Crippen molar-refractivity contribution in [3.8, 4) is 11.4 Å². The van der Waals surface area contributed by atoms with E-state index in [9.17, 15) is 13.2 Å². The Labute approximate surface area is 162 Å². The number of hydrogen-bond donors (Lipinski definition) is 1. The summed E-state index contributed by atoms with van der Waals surface area (Å²) >= 11 is 0. The highest BCUT2D eigenvalue weighted by Gasteiger charge is 2.31. The Morgan fingerprint density at radius 3 is 2.39 bits per heavy atom. The normalized spacial score (nSPS) is 16.6. The molecule has 0 saturated carbocycles. The van der Waals surface area contributed by atoms with Gasteiger partial charge in [-0.05, 0) is 31.2 Å². The minimum atomic E-state index is -3.79. The van der Waals surface area contributed by atoms with Crippen molar-refractivity contribution in [2.45, 2.75) is 24.4 Å². The number of rotatable bonds is 3. The summed E-state index contributed by atoms with van der Waals surface area (Å²) in [5.74, 6) is 1.16. The first kappa shape index (κ1) is 18.3. The number of aromatic nitrogens is 3. The van der Waals surface area contributed by atoms with Crippen LogP contribution in [0.25, 0.3) is 11.4 Å². The van der Waals surface area contributed by atoms with Crippen LogP contribution in [0.1, 0.15) is 29.1 Å². The maximum atomic E-state index is 12.9. The van der Waals surface area contributed by atoms with Crippen LogP contribution in [0.5, 0.6) is 0 Å². The van der Waals surface area contributed by atoms with Gasteiger partial charge in [-0.3, -0.25) is 4.79 Å². The molecule has 2 aromatic carbocycles. The van der Waals surface area contributed by atoms with Gasteiger partial charge in [-0.25, -0.2) is 23.2 Å². The molecule has 1 amide bonds. The summed E-state index contributed by atoms with van der Waals surface area (Å²) in [6.07, 6.45) is 0. The highest BCUT2D eigenvalue weighted by Crippen LogP contribution is 2.27. The zero-order valence-corrected chi connectivity index (χ0v) is 16.0. The van der Waals surface area contributed by atoms with Crippen molar-refractivity contribution < 1.29 is 13.2 Å². The smallest absolute Gasteiger partial charge is 0.254 e. The molecule has 28 heavy (non-hydrogen) atoms. The van der Waals surface area contributed by atoms with Gasteiger partial charge in [0.15, 0.2) is 5.82 Å². The largest absolute Gasteiger partial charge is 0.327 e. The fourth-order valence-electron chi connectivity index (χ4n) is 3.30. The molecule has 1 aliphatic rings. The van der Waals surface area contributed by atoms with Gasteiger partial charge in [0, 0.05) is 17.7 Å². The molecule has 0 fully saturated rings. The van der Waals surface area contributed by atoms with Crippen LogP contribution < -0.4 is 5.14 Å². The lowest BCUT2D eigenvalue weighted by molar-refractivity contribution is 0.0630. The average molecular weight is 397 g/mol. The minimum absolute atomic E-state index is 0.0250. The lowest BCUT2D eigenvalue weighted by Gasteiger charge is -2.33. The number of fused-ring (bicyclic) bond motifs is 1. The molecule has 144 valence electrons. The lowest BCUT2D eigenvalue weighted by atomic mass is 10.1. The van der Waals surface area contributed by atoms with E-state index in [1.807, 2.05) is 41.9 Å². The van der Waals surface area contributed by atoms with Crippen molar-refractivity contribution >= 4 is 15.9 Å². The van der Waals surface area contributed by atoms with Crippen molar-refractivity contribution in [2.24, 2.45) is 5.14 Å². The van der Waals surface area contributed by atoms with Gasteiger partial charge in [-0.2, -0.15) is 5.10 Å². The van der Waals surface area contributed by atoms with Gasteiger partial charge in [0.2, 0.25) is 10.0 Å². The summed E-state index contributed by atoms with van der Waals surface area (Å²) in [5, 5.41) is 9.67. The Morgan fingerprint density at radius 2 is 1.75 bits per heavy atom. The zero-order chi connectivity index (χ0) is 19.9. The highest BCUT2D eigenvalue weighted by atomic mass is 32.2. The standard InChI is InChI=1S/C19H19N5O3S/c1-13-18-21-17(14-5-3-2-4-6-14)22-24(18)12-11-23(13)19(25)15-7-9-16(10-8-15)28(20,26)27/h2-10,13H,11-12H2,1H3,(H2,20,26,27)/t13-/m0/s1. The first-order valence-electron chi connectivity index (χ1n) is 8.78. The second-order valence-corrected chi connectivity index (χ2v) is 8.19. The van der Waals surface area contributed by atoms with Gasteiger partial charge in [0.1, 0.15) is 5.82 Å². The molecule has 0 aliphatic carbocycles. The summed E-state index contributed by atoms with van der Waals surface area (Å²) < 4.78 is 24.6. The Kier molecular flexibility index (Phi) is 4.48. The van der Waals surface area contributed by atoms with Crippen LogP contribution in [0.15, 0.2) is 59.5 Å². The molecule has 0 saturated heterocycles. The van der Waals surface area contributed by atoms with Crippen molar-refractivity contribution in [3.63, 3.8) is 0 Å². The number of carbonyl (C=O) groups excluding carboxylic acids is 1. The van der Waals surface area contributed by atoms with Crippen molar-refractivity contribution in [2.75, 3.05) is 6.54 Å². The van der Waals surface area contributed by atoms with E-state index in [1.165, 1.54) is 24.3 Å². The van der Waals surface area contributed by atoms with E-state index < -0.39 is 10.0 Å². The SMILES string of the molecule is C[C@H]1c2nc(-c3ccccc3)nn2CCN1C(=O)c1ccc(S(N)(=O)=O)cc1. The molecule has 2 heterocycles. The van der Waals surface area contributed by atoms with Crippen LogP contribution in [0.2, 0.25) is 0 Å². The Morgan fingerprint density at radius 1 is 1.07 bits per heavy atom. The first-order chi connectivity index (χ1) is 13.3. The van der Waals surface area contributed by atoms with E-state index in [0.717, 1.165) is 11.4 Å². The number of nitrogens with two attached hydrogens (primary N) is 1. The molecule has 0 radical (unpaired) electrons. The van der Waals surface area contributed by atoms with E-state index in [4.69, 9.17) is 5.14 Å². The van der Waals surface area contributed by atoms with E-state index in [0.29, 0.717) is 24.5 Å². The molecule has 4 rings (SSSR count). The summed E-state index contributed by atoms with van der Waals surface area (Å²) in [5.41, 5.74) is 1.32. The number of nitrogens with zero attached hydrogens (tertiary/aromatic N) is 4. The molecule has 2 N–H and O–H groups in total. The van der Waals surface area contributed by atoms with Gasteiger partial charge in [-0.15, -0.1) is 0 Å². The molecule has 0 unspecified atom stereocenters. The molecule has 1 atom stereocenters. The van der Waals surface area contributed by atoms with Crippen LogP contribution in [0.4, 0.5) is 0 Å². The summed E-state index contributed by atoms with van der Waals surface area (Å²) in [6, 6.07) is 15.1. The number of carbonyl (C=O) groups is 1. The van der Waals surface area contributed by atoms with Crippen LogP contribution in [0, 0.1) is 0 Å². The third-order valence-electron chi connectivity index (χ3n) is 4.82. The topological polar surface area (TPSA) is 111 Å². The van der Waals surface area contributed by atoms with Crippen molar-refractivity contribution in [1.29, 1.82) is 0 Å². The van der Waals surface area contributed by atoms with Gasteiger partial charge >= 0.3 is 0 Å². The zero-order valence-electron chi connectivity index (χ0n) is 15.2. The number of amides is 1. The molecule has 9 heteroatoms. The summed E-state index contributed by atoms with van der Waals surface area (Å²) in [6.45, 7) is 2.94. The minimum Gasteiger partial charge on any atom is -0.327 e. The maximum Gasteiger partial charge on any atom is 0.254 e. The molecule has 0 spiro atoms. The Hall–Kier alpha value is -3.04. The molecule has 3 aromatic rings. The first-order valence-corrected chi connectivity index (χ1v) is 10.3. The van der Waals surface area contributed by atoms with Crippen molar-refractivity contribution in [3.05, 3.63) is 66.0 Å². The van der Waals surface area contributed by atoms with Crippen LogP contribution in [0.3, 0.4) is 0 Å². The lowest BCUT2D eigenvalue weighted by Crippen LogP contribution is -2.41. The van der Waals surface area contributed by atoms with E-state index in [-0.39, 0.29) is 16.8 Å². The highest BCUT2D eigenvalue weighted by molar-refractivity contribution is 7.89. The summed E-state index contributed by atoms with van der Waals surface area (Å²) in [4.78, 5) is 19.3. The Balaban J connectivity index is 1.60. The quantitative estimate of drug-likeness (QED) is 0.724. The third kappa shape index (κ3) is 3.30. The fraction of sp³-hybridized carbons (Fsp3) is 0.211. The second-order valence-electron chi connectivity index (χ2n) is 6.63. The van der Waals surface area contributed by atoms with Crippen LogP contribution in [-0.4, -0.2) is 40.5 Å².